The summed E-state index contributed by atoms with van der Waals surface area (Å²) in [4.78, 5) is 37.8. The number of hydrogen-bond acceptors (Lipinski definition) is 8. The summed E-state index contributed by atoms with van der Waals surface area (Å²) in [5.74, 6) is 0.162. The van der Waals surface area contributed by atoms with Gasteiger partial charge in [-0.3, -0.25) is 19.8 Å². The van der Waals surface area contributed by atoms with Crippen molar-refractivity contribution in [1.82, 2.24) is 15.5 Å². The average Bonchev–Trinajstić information content (AvgIpc) is 3.17. The number of unbranched alkanes of at least 4 members (excludes halogenated alkanes) is 2. The number of nitrogens with zero attached hydrogens (tertiary/aromatic N) is 1. The molecule has 2 heterocycles. The number of esters is 1. The Morgan fingerprint density at radius 2 is 2.00 bits per heavy atom. The van der Waals surface area contributed by atoms with E-state index < -0.39 is 11.6 Å². The molecular weight excluding hydrogens is 488 g/mol. The Morgan fingerprint density at radius 1 is 1.21 bits per heavy atom. The summed E-state index contributed by atoms with van der Waals surface area (Å²) in [5, 5.41) is 13.8. The number of carbonyl (C=O) groups is 3. The fraction of sp³-hybridized carbons (Fsp3) is 0.571. The van der Waals surface area contributed by atoms with E-state index in [-0.39, 0.29) is 30.2 Å². The first kappa shape index (κ1) is 29.2. The van der Waals surface area contributed by atoms with Crippen LogP contribution < -0.4 is 15.4 Å². The second kappa shape index (κ2) is 13.4. The number of benzene rings is 1. The minimum absolute atomic E-state index is 0.0606. The fourth-order valence-electron chi connectivity index (χ4n) is 4.39. The van der Waals surface area contributed by atoms with Gasteiger partial charge in [-0.15, -0.1) is 0 Å². The van der Waals surface area contributed by atoms with E-state index in [0.29, 0.717) is 62.6 Å². The van der Waals surface area contributed by atoms with Crippen molar-refractivity contribution >= 4 is 23.6 Å². The Kier molecular flexibility index (Phi) is 10.3. The van der Waals surface area contributed by atoms with Crippen molar-refractivity contribution in [3.8, 4) is 5.75 Å². The molecule has 38 heavy (non-hydrogen) atoms. The van der Waals surface area contributed by atoms with E-state index in [1.807, 2.05) is 26.8 Å². The van der Waals surface area contributed by atoms with Crippen LogP contribution in [0.2, 0.25) is 0 Å². The monoisotopic (exact) mass is 528 g/mol. The number of hydrogen-bond donors (Lipinski definition) is 3. The van der Waals surface area contributed by atoms with E-state index in [9.17, 15) is 14.4 Å². The summed E-state index contributed by atoms with van der Waals surface area (Å²) >= 11 is 0. The lowest BCUT2D eigenvalue weighted by Crippen LogP contribution is -2.52. The van der Waals surface area contributed by atoms with Crippen molar-refractivity contribution < 1.29 is 28.6 Å². The number of rotatable bonds is 14. The van der Waals surface area contributed by atoms with Crippen molar-refractivity contribution in [1.29, 1.82) is 5.41 Å². The molecule has 10 heteroatoms. The Hall–Kier alpha value is -3.40. The molecule has 1 aromatic carbocycles. The number of fused-ring (bicyclic) bond motifs is 1. The zero-order valence-corrected chi connectivity index (χ0v) is 22.7. The van der Waals surface area contributed by atoms with E-state index >= 15 is 0 Å². The van der Waals surface area contributed by atoms with Crippen LogP contribution in [-0.4, -0.2) is 66.5 Å². The van der Waals surface area contributed by atoms with E-state index in [1.165, 1.54) is 0 Å². The van der Waals surface area contributed by atoms with Crippen molar-refractivity contribution in [3.63, 3.8) is 0 Å². The van der Waals surface area contributed by atoms with E-state index in [0.717, 1.165) is 24.8 Å². The summed E-state index contributed by atoms with van der Waals surface area (Å²) in [6, 6.07) is 4.92. The minimum Gasteiger partial charge on any atom is -0.487 e. The van der Waals surface area contributed by atoms with Gasteiger partial charge < -0.3 is 29.7 Å². The van der Waals surface area contributed by atoms with Gasteiger partial charge in [0, 0.05) is 42.8 Å². The number of amidine groups is 1. The van der Waals surface area contributed by atoms with E-state index in [1.54, 1.807) is 17.0 Å². The third-order valence-electron chi connectivity index (χ3n) is 6.19. The van der Waals surface area contributed by atoms with Crippen molar-refractivity contribution in [2.45, 2.75) is 77.5 Å². The molecule has 0 spiro atoms. The van der Waals surface area contributed by atoms with Crippen LogP contribution in [0.5, 0.6) is 5.75 Å². The summed E-state index contributed by atoms with van der Waals surface area (Å²) in [6.07, 6.45) is 3.74. The normalized spacial score (nSPS) is 17.2. The molecule has 0 aromatic heterocycles. The average molecular weight is 529 g/mol. The molecule has 1 aromatic rings. The first-order chi connectivity index (χ1) is 18.0. The highest BCUT2D eigenvalue weighted by Crippen LogP contribution is 2.33. The quantitative estimate of drug-likeness (QED) is 0.249. The highest BCUT2D eigenvalue weighted by molar-refractivity contribution is 6.06. The van der Waals surface area contributed by atoms with E-state index in [4.69, 9.17) is 19.6 Å². The Morgan fingerprint density at radius 3 is 2.74 bits per heavy atom. The number of nitrogens with one attached hydrogen (secondary N) is 3. The SMILES string of the molecule is C=C(COc1cccc2c1CN(C1CCC(=O)NC1=N)C2=O)NCCOCCCCCC(=O)OC(C)(C)C. The van der Waals surface area contributed by atoms with Crippen LogP contribution >= 0.6 is 0 Å². The van der Waals surface area contributed by atoms with Crippen molar-refractivity contribution in [2.75, 3.05) is 26.4 Å². The number of ether oxygens (including phenoxy) is 3. The van der Waals surface area contributed by atoms with Crippen LogP contribution in [0.15, 0.2) is 30.5 Å². The third-order valence-corrected chi connectivity index (χ3v) is 6.19. The molecule has 0 radical (unpaired) electrons. The Balaban J connectivity index is 1.31. The van der Waals surface area contributed by atoms with Gasteiger partial charge in [0.1, 0.15) is 23.8 Å². The van der Waals surface area contributed by atoms with Gasteiger partial charge in [-0.05, 0) is 52.2 Å². The van der Waals surface area contributed by atoms with Gasteiger partial charge in [0.15, 0.2) is 0 Å². The molecule has 1 fully saturated rings. The number of piperidine rings is 1. The highest BCUT2D eigenvalue weighted by Gasteiger charge is 2.38. The van der Waals surface area contributed by atoms with E-state index in [2.05, 4.69) is 17.2 Å². The van der Waals surface area contributed by atoms with Crippen molar-refractivity contribution in [3.05, 3.63) is 41.6 Å². The van der Waals surface area contributed by atoms with Crippen LogP contribution in [0.3, 0.4) is 0 Å². The lowest BCUT2D eigenvalue weighted by Gasteiger charge is -2.31. The number of carbonyl (C=O) groups excluding carboxylic acids is 3. The Labute approximate surface area is 224 Å². The zero-order chi connectivity index (χ0) is 27.7. The van der Waals surface area contributed by atoms with Crippen LogP contribution in [0.25, 0.3) is 0 Å². The predicted molar refractivity (Wildman–Crippen MR) is 143 cm³/mol. The lowest BCUT2D eigenvalue weighted by atomic mass is 10.0. The predicted octanol–water partition coefficient (Wildman–Crippen LogP) is 3.30. The minimum atomic E-state index is -0.443. The first-order valence-electron chi connectivity index (χ1n) is 13.2. The molecule has 2 aliphatic rings. The molecule has 0 saturated carbocycles. The molecule has 10 nitrogen and oxygen atoms in total. The molecule has 1 atom stereocenters. The first-order valence-corrected chi connectivity index (χ1v) is 13.2. The molecule has 1 unspecified atom stereocenters. The molecule has 2 aliphatic heterocycles. The van der Waals surface area contributed by atoms with Gasteiger partial charge in [0.05, 0.1) is 19.2 Å². The summed E-state index contributed by atoms with van der Waals surface area (Å²) in [5.41, 5.74) is 1.60. The van der Waals surface area contributed by atoms with Gasteiger partial charge in [-0.2, -0.15) is 0 Å². The number of amides is 2. The van der Waals surface area contributed by atoms with Gasteiger partial charge in [0.25, 0.3) is 5.91 Å². The fourth-order valence-corrected chi connectivity index (χ4v) is 4.39. The second-order valence-electron chi connectivity index (χ2n) is 10.6. The maximum Gasteiger partial charge on any atom is 0.306 e. The van der Waals surface area contributed by atoms with Gasteiger partial charge in [-0.25, -0.2) is 0 Å². The maximum atomic E-state index is 13.0. The van der Waals surface area contributed by atoms with Gasteiger partial charge >= 0.3 is 5.97 Å². The third kappa shape index (κ3) is 8.58. The van der Waals surface area contributed by atoms with Gasteiger partial charge in [0.2, 0.25) is 5.91 Å². The smallest absolute Gasteiger partial charge is 0.306 e. The standard InChI is InChI=1S/C28H40N4O6/c1-19(30-14-16-36-15-7-5-6-11-25(34)38-28(2,3)4)18-37-23-10-8-9-20-21(23)17-32(27(20)35)22-12-13-24(33)31-26(22)29/h8-10,22,30H,1,5-7,11-18H2,2-4H3,(H2,29,31,33). The summed E-state index contributed by atoms with van der Waals surface area (Å²) in [6.45, 7) is 11.9. The van der Waals surface area contributed by atoms with Crippen molar-refractivity contribution in [2.24, 2.45) is 0 Å². The Bertz CT molecular complexity index is 1050. The van der Waals surface area contributed by atoms with Crippen LogP contribution in [0, 0.1) is 5.41 Å². The van der Waals surface area contributed by atoms with Crippen LogP contribution in [-0.2, 0) is 25.6 Å². The molecule has 1 saturated heterocycles. The lowest BCUT2D eigenvalue weighted by molar-refractivity contribution is -0.154. The highest BCUT2D eigenvalue weighted by atomic mass is 16.6. The molecule has 3 rings (SSSR count). The molecule has 0 aliphatic carbocycles. The molecule has 3 N–H and O–H groups in total. The maximum absolute atomic E-state index is 13.0. The molecule has 208 valence electrons. The van der Waals surface area contributed by atoms with Gasteiger partial charge in [-0.1, -0.05) is 19.1 Å². The zero-order valence-electron chi connectivity index (χ0n) is 22.7. The second-order valence-corrected chi connectivity index (χ2v) is 10.6. The van der Waals surface area contributed by atoms with Crippen LogP contribution in [0.4, 0.5) is 0 Å². The van der Waals surface area contributed by atoms with Crippen LogP contribution in [0.1, 0.15) is 75.2 Å². The summed E-state index contributed by atoms with van der Waals surface area (Å²) < 4.78 is 16.9. The molecule has 0 bridgehead atoms. The summed E-state index contributed by atoms with van der Waals surface area (Å²) in [7, 11) is 0. The molecule has 2 amide bonds. The topological polar surface area (TPSA) is 130 Å². The largest absolute Gasteiger partial charge is 0.487 e. The molecular formula is C28H40N4O6.